The molecule has 80 valence electrons. The summed E-state index contributed by atoms with van der Waals surface area (Å²) in [5, 5.41) is 9.05. The smallest absolute Gasteiger partial charge is 0.326 e. The molecule has 15 heavy (non-hydrogen) atoms. The topological polar surface area (TPSA) is 40.5 Å². The number of carboxylic acids is 1. The van der Waals surface area contributed by atoms with Gasteiger partial charge in [-0.25, -0.2) is 4.79 Å². The molecule has 1 aliphatic heterocycles. The Balaban J connectivity index is 2.42. The molecule has 0 radical (unpaired) electrons. The quantitative estimate of drug-likeness (QED) is 0.851. The first-order valence-electron chi connectivity index (χ1n) is 4.84. The molecule has 1 N–H and O–H groups in total. The summed E-state index contributed by atoms with van der Waals surface area (Å²) in [5.74, 6) is -0.747. The van der Waals surface area contributed by atoms with Crippen molar-refractivity contribution >= 4 is 27.6 Å². The highest BCUT2D eigenvalue weighted by Crippen LogP contribution is 2.34. The molecule has 1 aliphatic rings. The zero-order chi connectivity index (χ0) is 11.0. The van der Waals surface area contributed by atoms with Gasteiger partial charge in [0.05, 0.1) is 0 Å². The fourth-order valence-electron chi connectivity index (χ4n) is 2.06. The summed E-state index contributed by atoms with van der Waals surface area (Å²) < 4.78 is 1.07. The lowest BCUT2D eigenvalue weighted by Gasteiger charge is -2.33. The zero-order valence-corrected chi connectivity index (χ0v) is 9.99. The van der Waals surface area contributed by atoms with Crippen molar-refractivity contribution in [3.63, 3.8) is 0 Å². The predicted molar refractivity (Wildman–Crippen MR) is 62.3 cm³/mol. The number of aliphatic carboxylic acids is 1. The SMILES string of the molecule is CN1c2cccc(Br)c2CCC1C(=O)O. The van der Waals surface area contributed by atoms with Gasteiger partial charge in [-0.15, -0.1) is 0 Å². The third-order valence-electron chi connectivity index (χ3n) is 2.89. The normalized spacial score (nSPS) is 19.9. The van der Waals surface area contributed by atoms with Crippen LogP contribution in [0.5, 0.6) is 0 Å². The van der Waals surface area contributed by atoms with Crippen LogP contribution in [0.3, 0.4) is 0 Å². The summed E-state index contributed by atoms with van der Waals surface area (Å²) in [5.41, 5.74) is 2.22. The lowest BCUT2D eigenvalue weighted by molar-refractivity contribution is -0.138. The average molecular weight is 270 g/mol. The van der Waals surface area contributed by atoms with Crippen LogP contribution in [0.4, 0.5) is 5.69 Å². The van der Waals surface area contributed by atoms with Gasteiger partial charge in [0.25, 0.3) is 0 Å². The summed E-state index contributed by atoms with van der Waals surface area (Å²) in [7, 11) is 1.84. The highest BCUT2D eigenvalue weighted by atomic mass is 79.9. The molecule has 1 aromatic rings. The van der Waals surface area contributed by atoms with Crippen LogP contribution in [-0.4, -0.2) is 24.2 Å². The van der Waals surface area contributed by atoms with Gasteiger partial charge < -0.3 is 10.0 Å². The van der Waals surface area contributed by atoms with Crippen LogP contribution in [0.1, 0.15) is 12.0 Å². The number of carboxylic acid groups (broad SMARTS) is 1. The molecule has 1 atom stereocenters. The van der Waals surface area contributed by atoms with Crippen molar-refractivity contribution in [2.24, 2.45) is 0 Å². The van der Waals surface area contributed by atoms with E-state index in [1.165, 1.54) is 5.56 Å². The van der Waals surface area contributed by atoms with Gasteiger partial charge in [-0.2, -0.15) is 0 Å². The minimum absolute atomic E-state index is 0.396. The Kier molecular flexibility index (Phi) is 2.69. The number of rotatable bonds is 1. The molecule has 1 aromatic carbocycles. The lowest BCUT2D eigenvalue weighted by Crippen LogP contribution is -2.42. The van der Waals surface area contributed by atoms with E-state index in [0.717, 1.165) is 16.6 Å². The summed E-state index contributed by atoms with van der Waals surface area (Å²) in [6.45, 7) is 0. The maximum Gasteiger partial charge on any atom is 0.326 e. The van der Waals surface area contributed by atoms with E-state index in [-0.39, 0.29) is 0 Å². The molecule has 0 bridgehead atoms. The monoisotopic (exact) mass is 269 g/mol. The largest absolute Gasteiger partial charge is 0.480 e. The number of hydrogen-bond acceptors (Lipinski definition) is 2. The molecule has 0 aromatic heterocycles. The van der Waals surface area contributed by atoms with Crippen LogP contribution in [0, 0.1) is 0 Å². The Morgan fingerprint density at radius 1 is 1.60 bits per heavy atom. The molecule has 1 heterocycles. The number of carbonyl (C=O) groups is 1. The summed E-state index contributed by atoms with van der Waals surface area (Å²) >= 11 is 3.49. The molecule has 0 aliphatic carbocycles. The van der Waals surface area contributed by atoms with Crippen LogP contribution < -0.4 is 4.90 Å². The molecule has 0 fully saturated rings. The average Bonchev–Trinajstić information content (AvgIpc) is 2.19. The first-order chi connectivity index (χ1) is 7.11. The van der Waals surface area contributed by atoms with Crippen LogP contribution in [0.25, 0.3) is 0 Å². The number of benzene rings is 1. The highest BCUT2D eigenvalue weighted by molar-refractivity contribution is 9.10. The van der Waals surface area contributed by atoms with Crippen LogP contribution in [-0.2, 0) is 11.2 Å². The number of halogens is 1. The van der Waals surface area contributed by atoms with Gasteiger partial charge in [-0.3, -0.25) is 0 Å². The molecule has 1 unspecified atom stereocenters. The van der Waals surface area contributed by atoms with Crippen molar-refractivity contribution < 1.29 is 9.90 Å². The highest BCUT2D eigenvalue weighted by Gasteiger charge is 2.29. The first-order valence-corrected chi connectivity index (χ1v) is 5.63. The van der Waals surface area contributed by atoms with Crippen molar-refractivity contribution in [1.82, 2.24) is 0 Å². The standard InChI is InChI=1S/C11H12BrNO2/c1-13-9-4-2-3-8(12)7(9)5-6-10(13)11(14)15/h2-4,10H,5-6H2,1H3,(H,14,15). The molecule has 4 heteroatoms. The van der Waals surface area contributed by atoms with Crippen molar-refractivity contribution in [2.75, 3.05) is 11.9 Å². The molecular formula is C11H12BrNO2. The van der Waals surface area contributed by atoms with Crippen LogP contribution in [0.15, 0.2) is 22.7 Å². The van der Waals surface area contributed by atoms with E-state index in [4.69, 9.17) is 5.11 Å². The fraction of sp³-hybridized carbons (Fsp3) is 0.364. The van der Waals surface area contributed by atoms with Gasteiger partial charge in [0.1, 0.15) is 6.04 Å². The Labute approximate surface area is 96.8 Å². The van der Waals surface area contributed by atoms with E-state index in [1.807, 2.05) is 30.1 Å². The second kappa shape index (κ2) is 3.85. The minimum atomic E-state index is -0.747. The van der Waals surface area contributed by atoms with Crippen molar-refractivity contribution in [1.29, 1.82) is 0 Å². The Bertz CT molecular complexity index is 406. The van der Waals surface area contributed by atoms with Crippen molar-refractivity contribution in [3.05, 3.63) is 28.2 Å². The molecule has 2 rings (SSSR count). The van der Waals surface area contributed by atoms with E-state index >= 15 is 0 Å². The summed E-state index contributed by atoms with van der Waals surface area (Å²) in [6.07, 6.45) is 1.49. The maximum absolute atomic E-state index is 11.0. The number of hydrogen-bond donors (Lipinski definition) is 1. The third-order valence-corrected chi connectivity index (χ3v) is 3.64. The first kappa shape index (κ1) is 10.5. The second-order valence-electron chi connectivity index (χ2n) is 3.74. The fourth-order valence-corrected chi connectivity index (χ4v) is 2.61. The van der Waals surface area contributed by atoms with Gasteiger partial charge in [0, 0.05) is 17.2 Å². The summed E-state index contributed by atoms with van der Waals surface area (Å²) in [6, 6.07) is 5.50. The molecule has 0 amide bonds. The third kappa shape index (κ3) is 1.74. The zero-order valence-electron chi connectivity index (χ0n) is 8.40. The Hall–Kier alpha value is -1.03. The van der Waals surface area contributed by atoms with Gasteiger partial charge in [0.2, 0.25) is 0 Å². The predicted octanol–water partition coefficient (Wildman–Crippen LogP) is 2.28. The summed E-state index contributed by atoms with van der Waals surface area (Å²) in [4.78, 5) is 12.8. The van der Waals surface area contributed by atoms with E-state index < -0.39 is 12.0 Å². The Morgan fingerprint density at radius 3 is 3.00 bits per heavy atom. The van der Waals surface area contributed by atoms with E-state index in [0.29, 0.717) is 6.42 Å². The second-order valence-corrected chi connectivity index (χ2v) is 4.60. The molecule has 3 nitrogen and oxygen atoms in total. The molecular weight excluding hydrogens is 258 g/mol. The van der Waals surface area contributed by atoms with Gasteiger partial charge in [-0.1, -0.05) is 22.0 Å². The minimum Gasteiger partial charge on any atom is -0.480 e. The molecule has 0 saturated carbocycles. The lowest BCUT2D eigenvalue weighted by atomic mass is 9.96. The van der Waals surface area contributed by atoms with Crippen LogP contribution in [0.2, 0.25) is 0 Å². The number of fused-ring (bicyclic) bond motifs is 1. The van der Waals surface area contributed by atoms with Gasteiger partial charge in [0.15, 0.2) is 0 Å². The Morgan fingerprint density at radius 2 is 2.33 bits per heavy atom. The van der Waals surface area contributed by atoms with Crippen LogP contribution >= 0.6 is 15.9 Å². The molecule has 0 saturated heterocycles. The van der Waals surface area contributed by atoms with E-state index in [1.54, 1.807) is 0 Å². The number of nitrogens with zero attached hydrogens (tertiary/aromatic N) is 1. The van der Waals surface area contributed by atoms with Crippen molar-refractivity contribution in [3.8, 4) is 0 Å². The maximum atomic E-state index is 11.0. The van der Waals surface area contributed by atoms with E-state index in [9.17, 15) is 4.79 Å². The van der Waals surface area contributed by atoms with Gasteiger partial charge >= 0.3 is 5.97 Å². The number of likely N-dealkylation sites (N-methyl/N-ethyl adjacent to an activating group) is 1. The van der Waals surface area contributed by atoms with E-state index in [2.05, 4.69) is 15.9 Å². The molecule has 0 spiro atoms. The number of anilines is 1. The van der Waals surface area contributed by atoms with Crippen molar-refractivity contribution in [2.45, 2.75) is 18.9 Å². The van der Waals surface area contributed by atoms with Gasteiger partial charge in [-0.05, 0) is 30.5 Å².